The van der Waals surface area contributed by atoms with Crippen molar-refractivity contribution in [2.45, 2.75) is 31.7 Å². The lowest BCUT2D eigenvalue weighted by Gasteiger charge is -2.30. The van der Waals surface area contributed by atoms with E-state index in [0.29, 0.717) is 24.1 Å². The van der Waals surface area contributed by atoms with E-state index >= 15 is 0 Å². The molecule has 0 aromatic heterocycles. The van der Waals surface area contributed by atoms with Crippen LogP contribution >= 0.6 is 0 Å². The standard InChI is InChI=1S/C20H27N3O2S/c24-26(25)13-10-16(15-26)14-21-20(22-19-6-7-19)23-11-8-18(9-12-23)17-4-2-1-3-5-17/h1-5,8,16,19H,6-7,9-15H2,(H,21,22). The molecule has 0 spiro atoms. The third-order valence-electron chi connectivity index (χ3n) is 5.39. The molecule has 1 aromatic carbocycles. The lowest BCUT2D eigenvalue weighted by Crippen LogP contribution is -2.44. The fourth-order valence-corrected chi connectivity index (χ4v) is 5.50. The molecule has 2 aliphatic heterocycles. The predicted molar refractivity (Wildman–Crippen MR) is 106 cm³/mol. The van der Waals surface area contributed by atoms with Gasteiger partial charge in [0.25, 0.3) is 0 Å². The van der Waals surface area contributed by atoms with Crippen molar-refractivity contribution in [3.05, 3.63) is 42.0 Å². The molecule has 0 amide bonds. The zero-order valence-electron chi connectivity index (χ0n) is 15.1. The number of nitrogens with zero attached hydrogens (tertiary/aromatic N) is 2. The second-order valence-corrected chi connectivity index (χ2v) is 9.87. The lowest BCUT2D eigenvalue weighted by atomic mass is 10.00. The highest BCUT2D eigenvalue weighted by Gasteiger charge is 2.29. The summed E-state index contributed by atoms with van der Waals surface area (Å²) >= 11 is 0. The van der Waals surface area contributed by atoms with Gasteiger partial charge in [0.2, 0.25) is 0 Å². The highest BCUT2D eigenvalue weighted by Crippen LogP contribution is 2.24. The molecule has 26 heavy (non-hydrogen) atoms. The first kappa shape index (κ1) is 17.6. The molecule has 2 heterocycles. The zero-order chi connectivity index (χ0) is 18.0. The second-order valence-electron chi connectivity index (χ2n) is 7.64. The summed E-state index contributed by atoms with van der Waals surface area (Å²) < 4.78 is 23.3. The van der Waals surface area contributed by atoms with Gasteiger partial charge in [-0.2, -0.15) is 0 Å². The van der Waals surface area contributed by atoms with E-state index in [1.165, 1.54) is 24.0 Å². The Morgan fingerprint density at radius 3 is 2.62 bits per heavy atom. The van der Waals surface area contributed by atoms with E-state index in [4.69, 9.17) is 4.99 Å². The van der Waals surface area contributed by atoms with Crippen molar-refractivity contribution >= 4 is 21.4 Å². The minimum Gasteiger partial charge on any atom is -0.353 e. The van der Waals surface area contributed by atoms with Gasteiger partial charge in [0, 0.05) is 25.7 Å². The van der Waals surface area contributed by atoms with Crippen molar-refractivity contribution in [2.75, 3.05) is 31.1 Å². The van der Waals surface area contributed by atoms with Crippen molar-refractivity contribution in [3.8, 4) is 0 Å². The van der Waals surface area contributed by atoms with Gasteiger partial charge in [0.1, 0.15) is 0 Å². The normalized spacial score (nSPS) is 25.8. The van der Waals surface area contributed by atoms with Crippen LogP contribution < -0.4 is 5.32 Å². The van der Waals surface area contributed by atoms with Crippen LogP contribution in [-0.2, 0) is 9.84 Å². The van der Waals surface area contributed by atoms with Crippen LogP contribution in [0.5, 0.6) is 0 Å². The number of nitrogens with one attached hydrogen (secondary N) is 1. The van der Waals surface area contributed by atoms with Crippen LogP contribution in [0.25, 0.3) is 5.57 Å². The average molecular weight is 374 g/mol. The molecule has 140 valence electrons. The third kappa shape index (κ3) is 4.47. The van der Waals surface area contributed by atoms with Crippen LogP contribution in [0.4, 0.5) is 0 Å². The molecule has 1 saturated carbocycles. The molecule has 1 aromatic rings. The van der Waals surface area contributed by atoms with Crippen LogP contribution in [0.2, 0.25) is 0 Å². The second kappa shape index (κ2) is 7.43. The molecule has 1 atom stereocenters. The fraction of sp³-hybridized carbons (Fsp3) is 0.550. The molecule has 1 N–H and O–H groups in total. The Bertz CT molecular complexity index is 798. The summed E-state index contributed by atoms with van der Waals surface area (Å²) in [7, 11) is -2.83. The van der Waals surface area contributed by atoms with Crippen LogP contribution in [0.1, 0.15) is 31.2 Å². The van der Waals surface area contributed by atoms with Crippen molar-refractivity contribution in [1.29, 1.82) is 0 Å². The van der Waals surface area contributed by atoms with Crippen LogP contribution in [0.15, 0.2) is 41.4 Å². The summed E-state index contributed by atoms with van der Waals surface area (Å²) in [6, 6.07) is 11.1. The Balaban J connectivity index is 1.42. The molecule has 0 radical (unpaired) electrons. The molecule has 1 saturated heterocycles. The molecular formula is C20H27N3O2S. The maximum atomic E-state index is 11.7. The summed E-state index contributed by atoms with van der Waals surface area (Å²) in [6.07, 6.45) is 6.46. The van der Waals surface area contributed by atoms with E-state index in [-0.39, 0.29) is 5.92 Å². The Morgan fingerprint density at radius 2 is 2.00 bits per heavy atom. The van der Waals surface area contributed by atoms with Crippen molar-refractivity contribution < 1.29 is 8.42 Å². The smallest absolute Gasteiger partial charge is 0.194 e. The van der Waals surface area contributed by atoms with Gasteiger partial charge in [-0.25, -0.2) is 8.42 Å². The number of hydrogen-bond donors (Lipinski definition) is 1. The highest BCUT2D eigenvalue weighted by atomic mass is 32.2. The maximum absolute atomic E-state index is 11.7. The van der Waals surface area contributed by atoms with Crippen LogP contribution in [-0.4, -0.2) is 56.5 Å². The van der Waals surface area contributed by atoms with E-state index in [0.717, 1.165) is 31.9 Å². The first-order valence-electron chi connectivity index (χ1n) is 9.60. The Kier molecular flexibility index (Phi) is 5.02. The Hall–Kier alpha value is -1.82. The summed E-state index contributed by atoms with van der Waals surface area (Å²) in [4.78, 5) is 7.11. The Labute approximate surface area is 156 Å². The molecule has 3 aliphatic rings. The average Bonchev–Trinajstić information content (AvgIpc) is 3.41. The molecule has 4 rings (SSSR count). The fourth-order valence-electron chi connectivity index (χ4n) is 3.65. The number of hydrogen-bond acceptors (Lipinski definition) is 3. The van der Waals surface area contributed by atoms with Crippen LogP contribution in [0, 0.1) is 5.92 Å². The van der Waals surface area contributed by atoms with Gasteiger partial charge in [0.05, 0.1) is 11.5 Å². The zero-order valence-corrected chi connectivity index (χ0v) is 15.9. The molecule has 1 unspecified atom stereocenters. The van der Waals surface area contributed by atoms with E-state index in [1.54, 1.807) is 0 Å². The number of rotatable bonds is 4. The molecule has 6 heteroatoms. The minimum absolute atomic E-state index is 0.177. The van der Waals surface area contributed by atoms with E-state index in [2.05, 4.69) is 40.6 Å². The van der Waals surface area contributed by atoms with Crippen molar-refractivity contribution in [1.82, 2.24) is 10.2 Å². The first-order valence-corrected chi connectivity index (χ1v) is 11.4. The highest BCUT2D eigenvalue weighted by molar-refractivity contribution is 7.91. The van der Waals surface area contributed by atoms with Gasteiger partial charge in [-0.3, -0.25) is 4.99 Å². The number of guanidine groups is 1. The van der Waals surface area contributed by atoms with Crippen molar-refractivity contribution in [2.24, 2.45) is 10.9 Å². The molecule has 2 fully saturated rings. The largest absolute Gasteiger partial charge is 0.353 e. The van der Waals surface area contributed by atoms with E-state index < -0.39 is 9.84 Å². The molecule has 5 nitrogen and oxygen atoms in total. The lowest BCUT2D eigenvalue weighted by molar-refractivity contribution is 0.435. The summed E-state index contributed by atoms with van der Waals surface area (Å²) in [5, 5.41) is 3.56. The van der Waals surface area contributed by atoms with E-state index in [9.17, 15) is 8.42 Å². The quantitative estimate of drug-likeness (QED) is 0.650. The third-order valence-corrected chi connectivity index (χ3v) is 7.23. The SMILES string of the molecule is O=S1(=O)CCC(CN=C(NC2CC2)N2CC=C(c3ccccc3)CC2)C1. The summed E-state index contributed by atoms with van der Waals surface area (Å²) in [5.74, 6) is 1.76. The molecular weight excluding hydrogens is 346 g/mol. The number of sulfone groups is 1. The predicted octanol–water partition coefficient (Wildman–Crippen LogP) is 2.32. The van der Waals surface area contributed by atoms with Gasteiger partial charge in [0.15, 0.2) is 15.8 Å². The monoisotopic (exact) mass is 373 g/mol. The Morgan fingerprint density at radius 1 is 1.19 bits per heavy atom. The first-order chi connectivity index (χ1) is 12.6. The van der Waals surface area contributed by atoms with Crippen molar-refractivity contribution in [3.63, 3.8) is 0 Å². The maximum Gasteiger partial charge on any atom is 0.194 e. The number of benzene rings is 1. The topological polar surface area (TPSA) is 61.8 Å². The van der Waals surface area contributed by atoms with Gasteiger partial charge in [-0.15, -0.1) is 0 Å². The minimum atomic E-state index is -2.83. The number of aliphatic imine (C=N–C) groups is 1. The molecule has 1 aliphatic carbocycles. The van der Waals surface area contributed by atoms with Crippen LogP contribution in [0.3, 0.4) is 0 Å². The van der Waals surface area contributed by atoms with Gasteiger partial charge >= 0.3 is 0 Å². The van der Waals surface area contributed by atoms with Gasteiger partial charge in [-0.05, 0) is 42.7 Å². The summed E-state index contributed by atoms with van der Waals surface area (Å²) in [6.45, 7) is 2.41. The molecule has 0 bridgehead atoms. The summed E-state index contributed by atoms with van der Waals surface area (Å²) in [5.41, 5.74) is 2.70. The van der Waals surface area contributed by atoms with Gasteiger partial charge < -0.3 is 10.2 Å². The van der Waals surface area contributed by atoms with E-state index in [1.807, 2.05) is 6.07 Å². The van der Waals surface area contributed by atoms with Gasteiger partial charge in [-0.1, -0.05) is 36.4 Å².